The monoisotopic (exact) mass is 294 g/mol. The molecular weight excluding hydrogens is 268 g/mol. The molecule has 0 saturated carbocycles. The molecule has 0 aromatic heterocycles. The Bertz CT molecular complexity index is 460. The minimum Gasteiger partial charge on any atom is -0.496 e. The molecule has 4 heteroatoms. The fraction of sp³-hybridized carbons (Fsp3) is 0.588. The molecule has 0 spiro atoms. The molecule has 0 bridgehead atoms. The van der Waals surface area contributed by atoms with Crippen molar-refractivity contribution in [1.82, 2.24) is 0 Å². The summed E-state index contributed by atoms with van der Waals surface area (Å²) in [6.45, 7) is 6.41. The van der Waals surface area contributed by atoms with Gasteiger partial charge in [0.25, 0.3) is 0 Å². The van der Waals surface area contributed by atoms with Crippen molar-refractivity contribution < 1.29 is 19.4 Å². The maximum atomic E-state index is 11.4. The van der Waals surface area contributed by atoms with Crippen LogP contribution in [0.15, 0.2) is 18.2 Å². The number of hydrogen-bond donors (Lipinski definition) is 1. The van der Waals surface area contributed by atoms with Gasteiger partial charge in [-0.25, -0.2) is 0 Å². The summed E-state index contributed by atoms with van der Waals surface area (Å²) in [6, 6.07) is 6.17. The van der Waals surface area contributed by atoms with Gasteiger partial charge in [-0.1, -0.05) is 32.9 Å². The van der Waals surface area contributed by atoms with E-state index in [1.807, 2.05) is 12.1 Å². The summed E-state index contributed by atoms with van der Waals surface area (Å²) in [6.07, 6.45) is 1.93. The molecule has 4 nitrogen and oxygen atoms in total. The van der Waals surface area contributed by atoms with E-state index in [0.717, 1.165) is 18.6 Å². The summed E-state index contributed by atoms with van der Waals surface area (Å²) >= 11 is 0. The van der Waals surface area contributed by atoms with Gasteiger partial charge in [0, 0.05) is 6.42 Å². The molecule has 0 saturated heterocycles. The molecule has 0 amide bonds. The lowest BCUT2D eigenvalue weighted by Gasteiger charge is -2.23. The van der Waals surface area contributed by atoms with Crippen molar-refractivity contribution in [2.45, 2.75) is 45.4 Å². The number of esters is 1. The molecule has 118 valence electrons. The zero-order chi connectivity index (χ0) is 15.9. The normalized spacial score (nSPS) is 11.3. The Morgan fingerprint density at radius 1 is 1.29 bits per heavy atom. The summed E-state index contributed by atoms with van der Waals surface area (Å²) < 4.78 is 10.3. The predicted molar refractivity (Wildman–Crippen MR) is 82.7 cm³/mol. The van der Waals surface area contributed by atoms with Crippen molar-refractivity contribution in [1.29, 1.82) is 0 Å². The summed E-state index contributed by atoms with van der Waals surface area (Å²) in [4.78, 5) is 11.4. The van der Waals surface area contributed by atoms with Crippen molar-refractivity contribution in [2.24, 2.45) is 0 Å². The van der Waals surface area contributed by atoms with Crippen LogP contribution in [0.4, 0.5) is 0 Å². The first kappa shape index (κ1) is 17.5. The van der Waals surface area contributed by atoms with Crippen molar-refractivity contribution in [3.63, 3.8) is 0 Å². The fourth-order valence-electron chi connectivity index (χ4n) is 2.17. The second-order valence-electron chi connectivity index (χ2n) is 6.08. The highest BCUT2D eigenvalue weighted by Gasteiger charge is 2.19. The number of hydrogen-bond acceptors (Lipinski definition) is 4. The minimum absolute atomic E-state index is 0.0153. The lowest BCUT2D eigenvalue weighted by molar-refractivity contribution is -0.144. The van der Waals surface area contributed by atoms with Gasteiger partial charge in [0.1, 0.15) is 12.4 Å². The number of rotatable bonds is 7. The molecule has 0 heterocycles. The van der Waals surface area contributed by atoms with Gasteiger partial charge in [0.2, 0.25) is 0 Å². The SMILES string of the molecule is COc1ccc(CCCC(=O)OCCO)cc1C(C)(C)C. The van der Waals surface area contributed by atoms with E-state index >= 15 is 0 Å². The Labute approximate surface area is 127 Å². The largest absolute Gasteiger partial charge is 0.496 e. The number of carbonyl (C=O) groups is 1. The standard InChI is InChI=1S/C17H26O4/c1-17(2,3)14-12-13(8-9-15(14)20-4)6-5-7-16(19)21-11-10-18/h8-9,12,18H,5-7,10-11H2,1-4H3. The molecule has 0 aliphatic rings. The Morgan fingerprint density at radius 2 is 2.00 bits per heavy atom. The van der Waals surface area contributed by atoms with Crippen molar-refractivity contribution in [3.05, 3.63) is 29.3 Å². The first-order chi connectivity index (χ1) is 9.88. The number of ether oxygens (including phenoxy) is 2. The lowest BCUT2D eigenvalue weighted by Crippen LogP contribution is -2.13. The summed E-state index contributed by atoms with van der Waals surface area (Å²) in [5, 5.41) is 8.59. The Balaban J connectivity index is 2.62. The van der Waals surface area contributed by atoms with Crippen LogP contribution >= 0.6 is 0 Å². The number of aryl methyl sites for hydroxylation is 1. The van der Waals surface area contributed by atoms with E-state index in [-0.39, 0.29) is 24.6 Å². The highest BCUT2D eigenvalue weighted by atomic mass is 16.5. The van der Waals surface area contributed by atoms with E-state index < -0.39 is 0 Å². The van der Waals surface area contributed by atoms with Crippen LogP contribution in [-0.4, -0.2) is 31.4 Å². The van der Waals surface area contributed by atoms with Gasteiger partial charge in [-0.3, -0.25) is 4.79 Å². The van der Waals surface area contributed by atoms with Crippen LogP contribution in [-0.2, 0) is 21.4 Å². The minimum atomic E-state index is -0.256. The fourth-order valence-corrected chi connectivity index (χ4v) is 2.17. The summed E-state index contributed by atoms with van der Waals surface area (Å²) in [5.41, 5.74) is 2.38. The number of aliphatic hydroxyl groups excluding tert-OH is 1. The molecule has 0 atom stereocenters. The maximum Gasteiger partial charge on any atom is 0.305 e. The van der Waals surface area contributed by atoms with Crippen molar-refractivity contribution in [2.75, 3.05) is 20.3 Å². The summed E-state index contributed by atoms with van der Waals surface area (Å²) in [7, 11) is 1.68. The second-order valence-corrected chi connectivity index (χ2v) is 6.08. The number of methoxy groups -OCH3 is 1. The van der Waals surface area contributed by atoms with Crippen LogP contribution < -0.4 is 4.74 Å². The molecule has 0 aliphatic heterocycles. The highest BCUT2D eigenvalue weighted by molar-refractivity contribution is 5.69. The second kappa shape index (κ2) is 8.03. The zero-order valence-corrected chi connectivity index (χ0v) is 13.4. The van der Waals surface area contributed by atoms with Gasteiger partial charge in [-0.15, -0.1) is 0 Å². The van der Waals surface area contributed by atoms with E-state index in [1.54, 1.807) is 7.11 Å². The van der Waals surface area contributed by atoms with E-state index in [2.05, 4.69) is 26.8 Å². The predicted octanol–water partition coefficient (Wildman–Crippen LogP) is 2.85. The Morgan fingerprint density at radius 3 is 2.57 bits per heavy atom. The first-order valence-corrected chi connectivity index (χ1v) is 7.32. The van der Waals surface area contributed by atoms with Crippen molar-refractivity contribution >= 4 is 5.97 Å². The van der Waals surface area contributed by atoms with Gasteiger partial charge in [0.15, 0.2) is 0 Å². The molecule has 1 N–H and O–H groups in total. The van der Waals surface area contributed by atoms with E-state index in [4.69, 9.17) is 14.6 Å². The van der Waals surface area contributed by atoms with Crippen LogP contribution in [0.3, 0.4) is 0 Å². The van der Waals surface area contributed by atoms with E-state index in [1.165, 1.54) is 11.1 Å². The molecular formula is C17H26O4. The molecule has 0 unspecified atom stereocenters. The van der Waals surface area contributed by atoms with Crippen LogP contribution in [0, 0.1) is 0 Å². The topological polar surface area (TPSA) is 55.8 Å². The van der Waals surface area contributed by atoms with Crippen LogP contribution in [0.25, 0.3) is 0 Å². The molecule has 1 aromatic rings. The van der Waals surface area contributed by atoms with Crippen LogP contribution in [0.1, 0.15) is 44.7 Å². The average Bonchev–Trinajstić information content (AvgIpc) is 2.44. The molecule has 0 radical (unpaired) electrons. The quantitative estimate of drug-likeness (QED) is 0.786. The van der Waals surface area contributed by atoms with E-state index in [0.29, 0.717) is 6.42 Å². The third-order valence-corrected chi connectivity index (χ3v) is 3.27. The number of benzene rings is 1. The maximum absolute atomic E-state index is 11.4. The molecule has 21 heavy (non-hydrogen) atoms. The smallest absolute Gasteiger partial charge is 0.305 e. The summed E-state index contributed by atoms with van der Waals surface area (Å²) in [5.74, 6) is 0.641. The van der Waals surface area contributed by atoms with Gasteiger partial charge >= 0.3 is 5.97 Å². The lowest BCUT2D eigenvalue weighted by atomic mass is 9.85. The van der Waals surface area contributed by atoms with Gasteiger partial charge in [-0.2, -0.15) is 0 Å². The molecule has 1 aromatic carbocycles. The van der Waals surface area contributed by atoms with E-state index in [9.17, 15) is 4.79 Å². The third kappa shape index (κ3) is 5.76. The molecule has 1 rings (SSSR count). The Hall–Kier alpha value is -1.55. The van der Waals surface area contributed by atoms with Gasteiger partial charge in [0.05, 0.1) is 13.7 Å². The average molecular weight is 294 g/mol. The van der Waals surface area contributed by atoms with Crippen LogP contribution in [0.2, 0.25) is 0 Å². The third-order valence-electron chi connectivity index (χ3n) is 3.27. The zero-order valence-electron chi connectivity index (χ0n) is 13.4. The molecule has 0 aliphatic carbocycles. The highest BCUT2D eigenvalue weighted by Crippen LogP contribution is 2.32. The molecule has 0 fully saturated rings. The first-order valence-electron chi connectivity index (χ1n) is 7.32. The Kier molecular flexibility index (Phi) is 6.69. The van der Waals surface area contributed by atoms with Crippen molar-refractivity contribution in [3.8, 4) is 5.75 Å². The van der Waals surface area contributed by atoms with Gasteiger partial charge < -0.3 is 14.6 Å². The number of carbonyl (C=O) groups excluding carboxylic acids is 1. The number of aliphatic hydroxyl groups is 1. The van der Waals surface area contributed by atoms with Crippen LogP contribution in [0.5, 0.6) is 5.75 Å². The van der Waals surface area contributed by atoms with Gasteiger partial charge in [-0.05, 0) is 35.4 Å².